The van der Waals surface area contributed by atoms with Crippen LogP contribution in [0.3, 0.4) is 0 Å². The molecular weight excluding hydrogens is 424 g/mol. The zero-order valence-electron chi connectivity index (χ0n) is 17.8. The van der Waals surface area contributed by atoms with E-state index >= 15 is 0 Å². The monoisotopic (exact) mass is 450 g/mol. The summed E-state index contributed by atoms with van der Waals surface area (Å²) in [6.45, 7) is 2.19. The van der Waals surface area contributed by atoms with Crippen LogP contribution in [0.2, 0.25) is 0 Å². The lowest BCUT2D eigenvalue weighted by Gasteiger charge is -2.21. The van der Waals surface area contributed by atoms with Gasteiger partial charge >= 0.3 is 0 Å². The first kappa shape index (κ1) is 21.9. The molecule has 0 aliphatic carbocycles. The number of sulfonamides is 1. The summed E-state index contributed by atoms with van der Waals surface area (Å²) < 4.78 is 27.3. The summed E-state index contributed by atoms with van der Waals surface area (Å²) in [5, 5.41) is 0. The van der Waals surface area contributed by atoms with E-state index in [1.165, 1.54) is 4.31 Å². The summed E-state index contributed by atoms with van der Waals surface area (Å²) in [6, 6.07) is 16.6. The number of aromatic amines is 2. The Balaban J connectivity index is 1.46. The molecule has 2 aromatic carbocycles. The van der Waals surface area contributed by atoms with Crippen LogP contribution in [0, 0.1) is 0 Å². The zero-order chi connectivity index (χ0) is 22.4. The second-order valence-corrected chi connectivity index (χ2v) is 9.65. The van der Waals surface area contributed by atoms with E-state index in [0.29, 0.717) is 26.2 Å². The number of nitrogens with zero attached hydrogens (tertiary/aromatic N) is 4. The Morgan fingerprint density at radius 3 is 1.84 bits per heavy atom. The molecule has 0 saturated heterocycles. The van der Waals surface area contributed by atoms with Gasteiger partial charge in [0.1, 0.15) is 11.6 Å². The Kier molecular flexibility index (Phi) is 6.79. The van der Waals surface area contributed by atoms with Crippen LogP contribution in [0.4, 0.5) is 0 Å². The number of aromatic nitrogens is 4. The third-order valence-corrected chi connectivity index (χ3v) is 6.96. The SMILES string of the molecule is CN(Cc1ccccc1)S(=O)(=O)c1ccc(CN(Cc2ncc[nH]2)Cc2ncc[nH]2)cc1. The highest BCUT2D eigenvalue weighted by Gasteiger charge is 2.21. The Labute approximate surface area is 188 Å². The number of nitrogens with one attached hydrogen (secondary N) is 2. The predicted molar refractivity (Wildman–Crippen MR) is 122 cm³/mol. The minimum Gasteiger partial charge on any atom is -0.348 e. The topological polar surface area (TPSA) is 98.0 Å². The fourth-order valence-electron chi connectivity index (χ4n) is 3.49. The highest BCUT2D eigenvalue weighted by molar-refractivity contribution is 7.89. The number of rotatable bonds is 10. The summed E-state index contributed by atoms with van der Waals surface area (Å²) in [7, 11) is -1.97. The molecule has 0 aliphatic rings. The number of H-pyrrole nitrogens is 2. The molecule has 0 unspecified atom stereocenters. The van der Waals surface area contributed by atoms with Crippen LogP contribution < -0.4 is 0 Å². The van der Waals surface area contributed by atoms with Gasteiger partial charge in [0.2, 0.25) is 10.0 Å². The first-order valence-electron chi connectivity index (χ1n) is 10.3. The lowest BCUT2D eigenvalue weighted by molar-refractivity contribution is 0.236. The second-order valence-electron chi connectivity index (χ2n) is 7.61. The highest BCUT2D eigenvalue weighted by atomic mass is 32.2. The molecule has 4 rings (SSSR count). The largest absolute Gasteiger partial charge is 0.348 e. The molecule has 0 fully saturated rings. The Bertz CT molecular complexity index is 1160. The van der Waals surface area contributed by atoms with Gasteiger partial charge < -0.3 is 9.97 Å². The van der Waals surface area contributed by atoms with Crippen molar-refractivity contribution in [3.05, 3.63) is 102 Å². The van der Waals surface area contributed by atoms with Gasteiger partial charge in [0.15, 0.2) is 0 Å². The Morgan fingerprint density at radius 1 is 0.750 bits per heavy atom. The van der Waals surface area contributed by atoms with Gasteiger partial charge in [-0.3, -0.25) is 4.90 Å². The minimum atomic E-state index is -3.57. The number of benzene rings is 2. The fourth-order valence-corrected chi connectivity index (χ4v) is 4.65. The van der Waals surface area contributed by atoms with Crippen LogP contribution in [0.1, 0.15) is 22.8 Å². The van der Waals surface area contributed by atoms with Crippen LogP contribution in [-0.2, 0) is 36.2 Å². The Morgan fingerprint density at radius 2 is 1.31 bits per heavy atom. The molecule has 0 atom stereocenters. The first-order chi connectivity index (χ1) is 15.5. The quantitative estimate of drug-likeness (QED) is 0.387. The molecule has 32 heavy (non-hydrogen) atoms. The summed E-state index contributed by atoms with van der Waals surface area (Å²) in [5.74, 6) is 1.72. The maximum atomic E-state index is 13.0. The fraction of sp³-hybridized carbons (Fsp3) is 0.217. The van der Waals surface area contributed by atoms with Crippen molar-refractivity contribution < 1.29 is 8.42 Å². The molecule has 9 heteroatoms. The van der Waals surface area contributed by atoms with Gasteiger partial charge in [-0.15, -0.1) is 0 Å². The number of hydrogen-bond donors (Lipinski definition) is 2. The molecule has 2 N–H and O–H groups in total. The number of hydrogen-bond acceptors (Lipinski definition) is 5. The van der Waals surface area contributed by atoms with E-state index in [9.17, 15) is 8.42 Å². The van der Waals surface area contributed by atoms with Crippen molar-refractivity contribution in [3.63, 3.8) is 0 Å². The highest BCUT2D eigenvalue weighted by Crippen LogP contribution is 2.19. The average molecular weight is 451 g/mol. The molecule has 0 amide bonds. The number of imidazole rings is 2. The maximum absolute atomic E-state index is 13.0. The standard InChI is InChI=1S/C23H26N6O2S/c1-28(15-19-5-3-2-4-6-19)32(30,31)21-9-7-20(8-10-21)16-29(17-22-24-11-12-25-22)18-23-26-13-14-27-23/h2-14H,15-18H2,1H3,(H,24,25)(H,26,27). The molecule has 4 aromatic rings. The average Bonchev–Trinajstić information content (AvgIpc) is 3.49. The third kappa shape index (κ3) is 5.50. The lowest BCUT2D eigenvalue weighted by Crippen LogP contribution is -2.26. The Hall–Kier alpha value is -3.27. The van der Waals surface area contributed by atoms with E-state index in [0.717, 1.165) is 22.8 Å². The zero-order valence-corrected chi connectivity index (χ0v) is 18.7. The first-order valence-corrected chi connectivity index (χ1v) is 11.7. The van der Waals surface area contributed by atoms with Crippen molar-refractivity contribution in [3.8, 4) is 0 Å². The van der Waals surface area contributed by atoms with Gasteiger partial charge in [-0.05, 0) is 23.3 Å². The van der Waals surface area contributed by atoms with E-state index in [1.807, 2.05) is 42.5 Å². The maximum Gasteiger partial charge on any atom is 0.243 e. The summed E-state index contributed by atoms with van der Waals surface area (Å²) in [5.41, 5.74) is 1.95. The van der Waals surface area contributed by atoms with E-state index in [-0.39, 0.29) is 4.90 Å². The van der Waals surface area contributed by atoms with Crippen molar-refractivity contribution >= 4 is 10.0 Å². The molecule has 0 spiro atoms. The van der Waals surface area contributed by atoms with Gasteiger partial charge in [-0.1, -0.05) is 42.5 Å². The molecule has 8 nitrogen and oxygen atoms in total. The van der Waals surface area contributed by atoms with Crippen LogP contribution in [-0.4, -0.2) is 44.6 Å². The second kappa shape index (κ2) is 9.90. The van der Waals surface area contributed by atoms with Crippen LogP contribution in [0.25, 0.3) is 0 Å². The predicted octanol–water partition coefficient (Wildman–Crippen LogP) is 3.16. The third-order valence-electron chi connectivity index (χ3n) is 5.14. The van der Waals surface area contributed by atoms with Crippen molar-refractivity contribution in [1.29, 1.82) is 0 Å². The van der Waals surface area contributed by atoms with Gasteiger partial charge in [-0.2, -0.15) is 4.31 Å². The summed E-state index contributed by atoms with van der Waals surface area (Å²) >= 11 is 0. The van der Waals surface area contributed by atoms with E-state index < -0.39 is 10.0 Å². The molecule has 0 radical (unpaired) electrons. The van der Waals surface area contributed by atoms with Gasteiger partial charge in [0.25, 0.3) is 0 Å². The molecular formula is C23H26N6O2S. The summed E-state index contributed by atoms with van der Waals surface area (Å²) in [6.07, 6.45) is 7.05. The van der Waals surface area contributed by atoms with Gasteiger partial charge in [0.05, 0.1) is 18.0 Å². The smallest absolute Gasteiger partial charge is 0.243 e. The van der Waals surface area contributed by atoms with Crippen molar-refractivity contribution in [2.45, 2.75) is 31.1 Å². The molecule has 166 valence electrons. The lowest BCUT2D eigenvalue weighted by atomic mass is 10.2. The molecule has 0 aliphatic heterocycles. The van der Waals surface area contributed by atoms with Crippen molar-refractivity contribution in [1.82, 2.24) is 29.1 Å². The van der Waals surface area contributed by atoms with Crippen LogP contribution >= 0.6 is 0 Å². The van der Waals surface area contributed by atoms with Crippen molar-refractivity contribution in [2.24, 2.45) is 0 Å². The van der Waals surface area contributed by atoms with Crippen LogP contribution in [0.15, 0.2) is 84.3 Å². The molecule has 2 aromatic heterocycles. The van der Waals surface area contributed by atoms with E-state index in [2.05, 4.69) is 24.8 Å². The molecule has 2 heterocycles. The van der Waals surface area contributed by atoms with Crippen molar-refractivity contribution in [2.75, 3.05) is 7.05 Å². The minimum absolute atomic E-state index is 0.281. The summed E-state index contributed by atoms with van der Waals surface area (Å²) in [4.78, 5) is 17.3. The van der Waals surface area contributed by atoms with E-state index in [1.54, 1.807) is 44.0 Å². The van der Waals surface area contributed by atoms with Crippen LogP contribution in [0.5, 0.6) is 0 Å². The molecule has 0 bridgehead atoms. The molecule has 0 saturated carbocycles. The normalized spacial score (nSPS) is 12.0. The van der Waals surface area contributed by atoms with Gasteiger partial charge in [-0.25, -0.2) is 18.4 Å². The van der Waals surface area contributed by atoms with Gasteiger partial charge in [0, 0.05) is 44.9 Å². The van der Waals surface area contributed by atoms with E-state index in [4.69, 9.17) is 0 Å².